The summed E-state index contributed by atoms with van der Waals surface area (Å²) in [6.07, 6.45) is -1.18. The molecule has 2 aromatic rings. The Kier molecular flexibility index (Phi) is 8.07. The molecule has 0 aromatic heterocycles. The van der Waals surface area contributed by atoms with Gasteiger partial charge in [0.1, 0.15) is 11.9 Å². The summed E-state index contributed by atoms with van der Waals surface area (Å²) in [6, 6.07) is 10.7. The van der Waals surface area contributed by atoms with Gasteiger partial charge in [-0.15, -0.1) is 0 Å². The molecular formula is C28H31ClF3NO4. The van der Waals surface area contributed by atoms with E-state index in [2.05, 4.69) is 12.2 Å². The van der Waals surface area contributed by atoms with Gasteiger partial charge in [-0.1, -0.05) is 43.1 Å². The highest BCUT2D eigenvalue weighted by atomic mass is 35.5. The number of carboxylic acids is 1. The van der Waals surface area contributed by atoms with Crippen LogP contribution in [0.2, 0.25) is 5.02 Å². The maximum Gasteiger partial charge on any atom is 0.391 e. The van der Waals surface area contributed by atoms with Crippen LogP contribution in [0.3, 0.4) is 0 Å². The molecule has 1 amide bonds. The number of amides is 1. The van der Waals surface area contributed by atoms with Gasteiger partial charge in [0.25, 0.3) is 5.91 Å². The lowest BCUT2D eigenvalue weighted by molar-refractivity contribution is -0.184. The zero-order chi connectivity index (χ0) is 26.8. The second-order valence-corrected chi connectivity index (χ2v) is 10.5. The molecule has 37 heavy (non-hydrogen) atoms. The molecule has 1 unspecified atom stereocenters. The van der Waals surface area contributed by atoms with E-state index in [-0.39, 0.29) is 31.9 Å². The van der Waals surface area contributed by atoms with Gasteiger partial charge in [-0.25, -0.2) is 0 Å². The van der Waals surface area contributed by atoms with Gasteiger partial charge in [-0.05, 0) is 67.0 Å². The number of hydrogen-bond donors (Lipinski definition) is 2. The maximum absolute atomic E-state index is 13.5. The number of benzene rings is 2. The van der Waals surface area contributed by atoms with Gasteiger partial charge in [0.05, 0.1) is 17.4 Å². The Morgan fingerprint density at radius 1 is 1.14 bits per heavy atom. The van der Waals surface area contributed by atoms with Gasteiger partial charge >= 0.3 is 12.1 Å². The fourth-order valence-corrected chi connectivity index (χ4v) is 5.94. The molecule has 0 bridgehead atoms. The average molecular weight is 538 g/mol. The maximum atomic E-state index is 13.5. The monoisotopic (exact) mass is 537 g/mol. The van der Waals surface area contributed by atoms with E-state index in [1.54, 1.807) is 24.3 Å². The van der Waals surface area contributed by atoms with Crippen molar-refractivity contribution in [2.45, 2.75) is 76.0 Å². The number of halogens is 4. The van der Waals surface area contributed by atoms with Crippen molar-refractivity contribution in [1.82, 2.24) is 5.32 Å². The first-order chi connectivity index (χ1) is 17.5. The van der Waals surface area contributed by atoms with E-state index in [1.807, 2.05) is 12.1 Å². The molecular weight excluding hydrogens is 507 g/mol. The first-order valence-electron chi connectivity index (χ1n) is 12.7. The van der Waals surface area contributed by atoms with Crippen LogP contribution in [0.4, 0.5) is 13.2 Å². The van der Waals surface area contributed by atoms with E-state index < -0.39 is 29.4 Å². The second kappa shape index (κ2) is 10.9. The van der Waals surface area contributed by atoms with Gasteiger partial charge in [0, 0.05) is 23.9 Å². The minimum absolute atomic E-state index is 0.00455. The number of aliphatic carboxylic acids is 1. The van der Waals surface area contributed by atoms with Crippen molar-refractivity contribution in [1.29, 1.82) is 0 Å². The average Bonchev–Trinajstić information content (AvgIpc) is 3.27. The number of rotatable bonds is 8. The number of fused-ring (bicyclic) bond motifs is 1. The SMILES string of the molecule is CCCC1Cc2cc(C3(c4ccc(C(=O)NCCC(=O)O)cc4)CCC(C(F)(F)F)CC3)cc(Cl)c2O1. The van der Waals surface area contributed by atoms with Gasteiger partial charge in [0.15, 0.2) is 0 Å². The molecule has 2 aromatic carbocycles. The molecule has 0 spiro atoms. The van der Waals surface area contributed by atoms with Crippen LogP contribution in [-0.4, -0.2) is 35.8 Å². The minimum atomic E-state index is -4.24. The zero-order valence-corrected chi connectivity index (χ0v) is 21.4. The lowest BCUT2D eigenvalue weighted by Crippen LogP contribution is -2.37. The van der Waals surface area contributed by atoms with Crippen molar-refractivity contribution in [3.05, 3.63) is 63.7 Å². The number of carbonyl (C=O) groups excluding carboxylic acids is 1. The molecule has 2 N–H and O–H groups in total. The van der Waals surface area contributed by atoms with E-state index in [0.717, 1.165) is 29.5 Å². The molecule has 1 aliphatic carbocycles. The largest absolute Gasteiger partial charge is 0.488 e. The van der Waals surface area contributed by atoms with Crippen LogP contribution in [0.25, 0.3) is 0 Å². The van der Waals surface area contributed by atoms with E-state index in [9.17, 15) is 22.8 Å². The van der Waals surface area contributed by atoms with Crippen LogP contribution >= 0.6 is 11.6 Å². The van der Waals surface area contributed by atoms with Crippen LogP contribution in [0, 0.1) is 5.92 Å². The second-order valence-electron chi connectivity index (χ2n) is 10.1. The Morgan fingerprint density at radius 2 is 1.81 bits per heavy atom. The normalized spacial score (nSPS) is 23.3. The molecule has 1 aliphatic heterocycles. The van der Waals surface area contributed by atoms with Gasteiger partial charge in [-0.3, -0.25) is 9.59 Å². The molecule has 0 radical (unpaired) electrons. The summed E-state index contributed by atoms with van der Waals surface area (Å²) in [7, 11) is 0. The summed E-state index contributed by atoms with van der Waals surface area (Å²) >= 11 is 6.65. The van der Waals surface area contributed by atoms with Crippen LogP contribution in [0.15, 0.2) is 36.4 Å². The molecule has 1 heterocycles. The minimum Gasteiger partial charge on any atom is -0.488 e. The smallest absolute Gasteiger partial charge is 0.391 e. The van der Waals surface area contributed by atoms with Crippen LogP contribution in [0.5, 0.6) is 5.75 Å². The van der Waals surface area contributed by atoms with Crippen molar-refractivity contribution in [2.75, 3.05) is 6.54 Å². The Bertz CT molecular complexity index is 1140. The highest BCUT2D eigenvalue weighted by Gasteiger charge is 2.47. The summed E-state index contributed by atoms with van der Waals surface area (Å²) in [5, 5.41) is 11.8. The lowest BCUT2D eigenvalue weighted by Gasteiger charge is -2.42. The molecule has 2 aliphatic rings. The van der Waals surface area contributed by atoms with Crippen LogP contribution < -0.4 is 10.1 Å². The topological polar surface area (TPSA) is 75.6 Å². The van der Waals surface area contributed by atoms with Gasteiger partial charge in [-0.2, -0.15) is 13.2 Å². The van der Waals surface area contributed by atoms with Crippen molar-refractivity contribution in [2.24, 2.45) is 5.92 Å². The standard InChI is InChI=1S/C28H31ClF3NO4/c1-2-3-22-15-18-14-21(16-23(29)25(18)37-22)27(11-8-20(9-12-27)28(30,31)32)19-6-4-17(5-7-19)26(36)33-13-10-24(34)35/h4-7,14,16,20,22H,2-3,8-13,15H2,1H3,(H,33,36)(H,34,35). The Labute approximate surface area is 219 Å². The van der Waals surface area contributed by atoms with Crippen LogP contribution in [-0.2, 0) is 16.6 Å². The zero-order valence-electron chi connectivity index (χ0n) is 20.7. The van der Waals surface area contributed by atoms with E-state index in [0.29, 0.717) is 35.6 Å². The third-order valence-electron chi connectivity index (χ3n) is 7.64. The summed E-state index contributed by atoms with van der Waals surface area (Å²) in [5.74, 6) is -2.09. The first kappa shape index (κ1) is 27.3. The fraction of sp³-hybridized carbons (Fsp3) is 0.500. The lowest BCUT2D eigenvalue weighted by atomic mass is 9.62. The molecule has 1 fully saturated rings. The molecule has 9 heteroatoms. The van der Waals surface area contributed by atoms with E-state index in [4.69, 9.17) is 21.4 Å². The Hall–Kier alpha value is -2.74. The quantitative estimate of drug-likeness (QED) is 0.393. The number of carbonyl (C=O) groups is 2. The number of nitrogens with one attached hydrogen (secondary N) is 1. The van der Waals surface area contributed by atoms with E-state index >= 15 is 0 Å². The van der Waals surface area contributed by atoms with E-state index in [1.165, 1.54) is 0 Å². The molecule has 0 saturated heterocycles. The van der Waals surface area contributed by atoms with Crippen molar-refractivity contribution in [3.63, 3.8) is 0 Å². The summed E-state index contributed by atoms with van der Waals surface area (Å²) in [4.78, 5) is 23.1. The van der Waals surface area contributed by atoms with Crippen molar-refractivity contribution in [3.8, 4) is 5.75 Å². The Morgan fingerprint density at radius 3 is 2.41 bits per heavy atom. The molecule has 4 rings (SSSR count). The fourth-order valence-electron chi connectivity index (χ4n) is 5.65. The van der Waals surface area contributed by atoms with Gasteiger partial charge in [0.2, 0.25) is 0 Å². The summed E-state index contributed by atoms with van der Waals surface area (Å²) < 4.78 is 46.6. The highest BCUT2D eigenvalue weighted by molar-refractivity contribution is 6.32. The number of alkyl halides is 3. The number of carboxylic acid groups (broad SMARTS) is 1. The van der Waals surface area contributed by atoms with Gasteiger partial charge < -0.3 is 15.2 Å². The molecule has 200 valence electrons. The van der Waals surface area contributed by atoms with Crippen LogP contribution in [0.1, 0.15) is 78.9 Å². The molecule has 5 nitrogen and oxygen atoms in total. The summed E-state index contributed by atoms with van der Waals surface area (Å²) in [5.41, 5.74) is 2.36. The number of hydrogen-bond acceptors (Lipinski definition) is 3. The first-order valence-corrected chi connectivity index (χ1v) is 13.1. The van der Waals surface area contributed by atoms with Crippen molar-refractivity contribution < 1.29 is 32.6 Å². The third-order valence-corrected chi connectivity index (χ3v) is 7.92. The predicted octanol–water partition coefficient (Wildman–Crippen LogP) is 6.69. The molecule has 1 saturated carbocycles. The Balaban J connectivity index is 1.66. The predicted molar refractivity (Wildman–Crippen MR) is 134 cm³/mol. The molecule has 1 atom stereocenters. The number of ether oxygens (including phenoxy) is 1. The highest BCUT2D eigenvalue weighted by Crippen LogP contribution is 2.52. The van der Waals surface area contributed by atoms with Crippen molar-refractivity contribution >= 4 is 23.5 Å². The third kappa shape index (κ3) is 5.89. The summed E-state index contributed by atoms with van der Waals surface area (Å²) in [6.45, 7) is 2.09.